The molecule has 0 unspecified atom stereocenters. The number of ether oxygens (including phenoxy) is 1. The molecule has 188 valence electrons. The van der Waals surface area contributed by atoms with E-state index >= 15 is 4.39 Å². The van der Waals surface area contributed by atoms with Crippen LogP contribution in [0.5, 0.6) is 5.75 Å². The van der Waals surface area contributed by atoms with Crippen molar-refractivity contribution in [3.63, 3.8) is 0 Å². The van der Waals surface area contributed by atoms with Crippen LogP contribution >= 0.6 is 0 Å². The minimum atomic E-state index is -0.836. The van der Waals surface area contributed by atoms with Gasteiger partial charge in [0.05, 0.1) is 42.0 Å². The number of nitrogens with zero attached hydrogens (tertiary/aromatic N) is 5. The molecule has 1 spiro atoms. The highest BCUT2D eigenvalue weighted by molar-refractivity contribution is 6.09. The Morgan fingerprint density at radius 3 is 2.41 bits per heavy atom. The number of carbonyl (C=O) groups excluding carboxylic acids is 1. The summed E-state index contributed by atoms with van der Waals surface area (Å²) in [6.45, 7) is 3.86. The second kappa shape index (κ2) is 8.40. The van der Waals surface area contributed by atoms with E-state index in [0.717, 1.165) is 12.1 Å². The average Bonchev–Trinajstić information content (AvgIpc) is 3.46. The molecule has 0 atom stereocenters. The van der Waals surface area contributed by atoms with Crippen molar-refractivity contribution in [1.82, 2.24) is 19.6 Å². The van der Waals surface area contributed by atoms with Crippen LogP contribution in [0.4, 0.5) is 10.1 Å². The Morgan fingerprint density at radius 2 is 1.76 bits per heavy atom. The van der Waals surface area contributed by atoms with Crippen molar-refractivity contribution in [3.8, 4) is 28.5 Å². The van der Waals surface area contributed by atoms with Crippen molar-refractivity contribution in [2.24, 2.45) is 0 Å². The molecular weight excluding hydrogens is 473 g/mol. The maximum Gasteiger partial charge on any atom is 0.251 e. The summed E-state index contributed by atoms with van der Waals surface area (Å²) in [5, 5.41) is 8.92. The second-order valence-corrected chi connectivity index (χ2v) is 9.78. The number of methoxy groups -OCH3 is 1. The normalized spacial score (nSPS) is 15.8. The molecular formula is C28H26FN5O3. The van der Waals surface area contributed by atoms with E-state index in [4.69, 9.17) is 4.74 Å². The maximum absolute atomic E-state index is 16.4. The SMILES string of the molecule is COc1cn(-c2ccc3c(c2F)C2(CCC2)C(=O)N3C(C)C)nc(-c2ccnn2-c2ccccc2)c1=O. The fourth-order valence-corrected chi connectivity index (χ4v) is 5.50. The van der Waals surface area contributed by atoms with Gasteiger partial charge in [-0.25, -0.2) is 13.8 Å². The van der Waals surface area contributed by atoms with Crippen LogP contribution in [0.2, 0.25) is 0 Å². The molecule has 4 aromatic rings. The van der Waals surface area contributed by atoms with Gasteiger partial charge in [-0.1, -0.05) is 24.6 Å². The highest BCUT2D eigenvalue weighted by Crippen LogP contribution is 2.55. The molecule has 8 nitrogen and oxygen atoms in total. The lowest BCUT2D eigenvalue weighted by Crippen LogP contribution is -2.47. The van der Waals surface area contributed by atoms with E-state index < -0.39 is 16.7 Å². The lowest BCUT2D eigenvalue weighted by molar-refractivity contribution is -0.126. The number of rotatable bonds is 5. The zero-order valence-electron chi connectivity index (χ0n) is 20.8. The molecule has 0 bridgehead atoms. The number of benzene rings is 2. The Bertz CT molecular complexity index is 1590. The summed E-state index contributed by atoms with van der Waals surface area (Å²) < 4.78 is 24.7. The number of hydrogen-bond donors (Lipinski definition) is 0. The summed E-state index contributed by atoms with van der Waals surface area (Å²) in [5.41, 5.74) is 1.17. The number of anilines is 1. The molecule has 1 amide bonds. The zero-order chi connectivity index (χ0) is 25.9. The van der Waals surface area contributed by atoms with Gasteiger partial charge in [-0.15, -0.1) is 0 Å². The lowest BCUT2D eigenvalue weighted by Gasteiger charge is -2.37. The van der Waals surface area contributed by atoms with Crippen LogP contribution in [0, 0.1) is 5.82 Å². The van der Waals surface area contributed by atoms with Crippen LogP contribution in [0.1, 0.15) is 38.7 Å². The molecule has 1 fully saturated rings. The fourth-order valence-electron chi connectivity index (χ4n) is 5.50. The van der Waals surface area contributed by atoms with Gasteiger partial charge in [0.15, 0.2) is 17.3 Å². The molecule has 1 aliphatic heterocycles. The van der Waals surface area contributed by atoms with E-state index in [0.29, 0.717) is 29.8 Å². The van der Waals surface area contributed by atoms with Crippen LogP contribution in [-0.2, 0) is 10.2 Å². The molecule has 2 aromatic heterocycles. The third kappa shape index (κ3) is 3.26. The number of para-hydroxylation sites is 1. The van der Waals surface area contributed by atoms with Gasteiger partial charge in [0, 0.05) is 11.6 Å². The number of aromatic nitrogens is 4. The summed E-state index contributed by atoms with van der Waals surface area (Å²) in [4.78, 5) is 28.4. The van der Waals surface area contributed by atoms with Gasteiger partial charge in [-0.2, -0.15) is 10.2 Å². The summed E-state index contributed by atoms with van der Waals surface area (Å²) >= 11 is 0. The monoisotopic (exact) mass is 499 g/mol. The van der Waals surface area contributed by atoms with Gasteiger partial charge >= 0.3 is 0 Å². The molecule has 1 aliphatic carbocycles. The van der Waals surface area contributed by atoms with Crippen LogP contribution < -0.4 is 15.1 Å². The summed E-state index contributed by atoms with van der Waals surface area (Å²) in [5.74, 6) is -0.531. The van der Waals surface area contributed by atoms with Crippen molar-refractivity contribution in [2.75, 3.05) is 12.0 Å². The maximum atomic E-state index is 16.4. The molecule has 2 aromatic carbocycles. The van der Waals surface area contributed by atoms with Crippen molar-refractivity contribution < 1.29 is 13.9 Å². The topological polar surface area (TPSA) is 82.2 Å². The molecule has 0 radical (unpaired) electrons. The van der Waals surface area contributed by atoms with E-state index in [2.05, 4.69) is 10.2 Å². The highest BCUT2D eigenvalue weighted by atomic mass is 19.1. The Labute approximate surface area is 212 Å². The molecule has 9 heteroatoms. The summed E-state index contributed by atoms with van der Waals surface area (Å²) in [7, 11) is 1.39. The largest absolute Gasteiger partial charge is 0.491 e. The molecule has 6 rings (SSSR count). The van der Waals surface area contributed by atoms with Crippen molar-refractivity contribution in [3.05, 3.63) is 82.5 Å². The Morgan fingerprint density at radius 1 is 1.03 bits per heavy atom. The van der Waals surface area contributed by atoms with E-state index in [1.165, 1.54) is 18.0 Å². The van der Waals surface area contributed by atoms with Gasteiger partial charge in [-0.05, 0) is 57.0 Å². The standard InChI is InChI=1S/C28H26FN5O3/c1-17(2)33-19-10-11-20(24(29)23(19)28(27(33)36)13-7-14-28)32-16-22(37-3)26(35)25(31-32)21-12-15-30-34(21)18-8-5-4-6-9-18/h4-6,8-12,15-17H,7,13-14H2,1-3H3. The highest BCUT2D eigenvalue weighted by Gasteiger charge is 2.56. The molecule has 3 heterocycles. The predicted molar refractivity (Wildman–Crippen MR) is 137 cm³/mol. The average molecular weight is 500 g/mol. The van der Waals surface area contributed by atoms with Crippen molar-refractivity contribution in [1.29, 1.82) is 0 Å². The van der Waals surface area contributed by atoms with Crippen molar-refractivity contribution in [2.45, 2.75) is 44.6 Å². The van der Waals surface area contributed by atoms with Crippen LogP contribution in [-0.4, -0.2) is 38.6 Å². The van der Waals surface area contributed by atoms with E-state index in [1.54, 1.807) is 34.0 Å². The van der Waals surface area contributed by atoms with Gasteiger partial charge in [0.1, 0.15) is 5.69 Å². The third-order valence-corrected chi connectivity index (χ3v) is 7.43. The first-order valence-electron chi connectivity index (χ1n) is 12.3. The van der Waals surface area contributed by atoms with Gasteiger partial charge in [0.25, 0.3) is 5.43 Å². The quantitative estimate of drug-likeness (QED) is 0.406. The number of halogens is 1. The molecule has 1 saturated carbocycles. The number of hydrogen-bond acceptors (Lipinski definition) is 5. The molecule has 37 heavy (non-hydrogen) atoms. The van der Waals surface area contributed by atoms with Crippen molar-refractivity contribution >= 4 is 11.6 Å². The minimum Gasteiger partial charge on any atom is -0.491 e. The van der Waals surface area contributed by atoms with Crippen LogP contribution in [0.15, 0.2) is 65.7 Å². The Hall–Kier alpha value is -4.27. The second-order valence-electron chi connectivity index (χ2n) is 9.78. The summed E-state index contributed by atoms with van der Waals surface area (Å²) in [6.07, 6.45) is 5.06. The van der Waals surface area contributed by atoms with Gasteiger partial charge < -0.3 is 9.64 Å². The first-order chi connectivity index (χ1) is 17.9. The summed E-state index contributed by atoms with van der Waals surface area (Å²) in [6, 6.07) is 14.3. The van der Waals surface area contributed by atoms with Gasteiger partial charge in [0.2, 0.25) is 5.91 Å². The smallest absolute Gasteiger partial charge is 0.251 e. The first kappa shape index (κ1) is 23.1. The number of fused-ring (bicyclic) bond motifs is 2. The van der Waals surface area contributed by atoms with Gasteiger partial charge in [-0.3, -0.25) is 9.59 Å². The molecule has 0 N–H and O–H groups in total. The molecule has 0 saturated heterocycles. The van der Waals surface area contributed by atoms with Crippen LogP contribution in [0.3, 0.4) is 0 Å². The number of amides is 1. The minimum absolute atomic E-state index is 0.0175. The number of carbonyl (C=O) groups is 1. The van der Waals surface area contributed by atoms with Crippen LogP contribution in [0.25, 0.3) is 22.8 Å². The Kier molecular flexibility index (Phi) is 5.25. The molecule has 2 aliphatic rings. The van der Waals surface area contributed by atoms with E-state index in [9.17, 15) is 9.59 Å². The first-order valence-corrected chi connectivity index (χ1v) is 12.3. The lowest BCUT2D eigenvalue weighted by atomic mass is 9.65. The predicted octanol–water partition coefficient (Wildman–Crippen LogP) is 4.41. The fraction of sp³-hybridized carbons (Fsp3) is 0.286. The van der Waals surface area contributed by atoms with E-state index in [1.807, 2.05) is 44.2 Å². The third-order valence-electron chi connectivity index (χ3n) is 7.43. The van der Waals surface area contributed by atoms with E-state index in [-0.39, 0.29) is 29.1 Å². The zero-order valence-corrected chi connectivity index (χ0v) is 20.8. The Balaban J connectivity index is 1.55.